The van der Waals surface area contributed by atoms with Crippen molar-refractivity contribution < 1.29 is 13.2 Å². The molecule has 1 aromatic carbocycles. The zero-order chi connectivity index (χ0) is 15.7. The maximum absolute atomic E-state index is 12.9. The van der Waals surface area contributed by atoms with Crippen molar-refractivity contribution in [2.24, 2.45) is 0 Å². The van der Waals surface area contributed by atoms with E-state index in [9.17, 15) is 13.2 Å². The van der Waals surface area contributed by atoms with Gasteiger partial charge in [-0.05, 0) is 31.9 Å². The van der Waals surface area contributed by atoms with Crippen molar-refractivity contribution >= 4 is 27.1 Å². The fraction of sp³-hybridized carbons (Fsp3) is 0.333. The molecule has 0 radical (unpaired) electrons. The van der Waals surface area contributed by atoms with E-state index in [4.69, 9.17) is 0 Å². The number of hydrogen-bond donors (Lipinski definition) is 0. The van der Waals surface area contributed by atoms with Gasteiger partial charge in [-0.15, -0.1) is 11.3 Å². The third-order valence-corrected chi connectivity index (χ3v) is 6.57. The zero-order valence-corrected chi connectivity index (χ0v) is 13.7. The average Bonchev–Trinajstić information content (AvgIpc) is 3.18. The summed E-state index contributed by atoms with van der Waals surface area (Å²) in [5.41, 5.74) is 0.408. The Labute approximate surface area is 133 Å². The third kappa shape index (κ3) is 2.71. The largest absolute Gasteiger partial charge is 0.295 e. The number of thiazole rings is 1. The maximum Gasteiger partial charge on any atom is 0.243 e. The molecule has 1 saturated heterocycles. The summed E-state index contributed by atoms with van der Waals surface area (Å²) in [7, 11) is -3.62. The van der Waals surface area contributed by atoms with E-state index in [0.29, 0.717) is 12.1 Å². The van der Waals surface area contributed by atoms with Gasteiger partial charge in [0.2, 0.25) is 10.0 Å². The first-order valence-electron chi connectivity index (χ1n) is 7.02. The van der Waals surface area contributed by atoms with Crippen LogP contribution in [0.15, 0.2) is 40.7 Å². The second-order valence-electron chi connectivity index (χ2n) is 5.23. The molecule has 1 aliphatic rings. The highest BCUT2D eigenvalue weighted by molar-refractivity contribution is 7.89. The highest BCUT2D eigenvalue weighted by Crippen LogP contribution is 2.37. The molecule has 0 aliphatic carbocycles. The number of rotatable bonds is 4. The monoisotopic (exact) mass is 336 g/mol. The molecule has 1 fully saturated rings. The number of aromatic nitrogens is 1. The lowest BCUT2D eigenvalue weighted by Gasteiger charge is -2.22. The molecule has 7 heteroatoms. The van der Waals surface area contributed by atoms with E-state index in [2.05, 4.69) is 4.98 Å². The molecule has 1 unspecified atom stereocenters. The van der Waals surface area contributed by atoms with Gasteiger partial charge < -0.3 is 0 Å². The molecule has 1 atom stereocenters. The molecule has 0 amide bonds. The van der Waals surface area contributed by atoms with Gasteiger partial charge in [-0.2, -0.15) is 4.31 Å². The Balaban J connectivity index is 1.99. The van der Waals surface area contributed by atoms with Crippen LogP contribution in [0.3, 0.4) is 0 Å². The van der Waals surface area contributed by atoms with E-state index in [1.807, 2.05) is 5.38 Å². The fourth-order valence-electron chi connectivity index (χ4n) is 2.68. The SMILES string of the molecule is CC(=O)c1cccc(S(=O)(=O)N2CCCC2c2nccs2)c1. The number of ketones is 1. The lowest BCUT2D eigenvalue weighted by Crippen LogP contribution is -2.30. The molecule has 3 rings (SSSR count). The number of hydrogen-bond acceptors (Lipinski definition) is 5. The van der Waals surface area contributed by atoms with Gasteiger partial charge in [-0.1, -0.05) is 12.1 Å². The summed E-state index contributed by atoms with van der Waals surface area (Å²) >= 11 is 1.47. The van der Waals surface area contributed by atoms with Crippen molar-refractivity contribution in [3.05, 3.63) is 46.4 Å². The van der Waals surface area contributed by atoms with Crippen molar-refractivity contribution in [2.75, 3.05) is 6.54 Å². The predicted molar refractivity (Wildman–Crippen MR) is 84.4 cm³/mol. The quantitative estimate of drug-likeness (QED) is 0.805. The van der Waals surface area contributed by atoms with Crippen LogP contribution in [0.2, 0.25) is 0 Å². The van der Waals surface area contributed by atoms with Gasteiger partial charge in [-0.25, -0.2) is 13.4 Å². The standard InChI is InChI=1S/C15H16N2O3S2/c1-11(18)12-4-2-5-13(10-12)22(19,20)17-8-3-6-14(17)15-16-7-9-21-15/h2,4-5,7,9-10,14H,3,6,8H2,1H3. The van der Waals surface area contributed by atoms with Crippen LogP contribution in [0.1, 0.15) is 41.2 Å². The number of sulfonamides is 1. The molecule has 1 aliphatic heterocycles. The van der Waals surface area contributed by atoms with E-state index < -0.39 is 10.0 Å². The minimum atomic E-state index is -3.62. The highest BCUT2D eigenvalue weighted by Gasteiger charge is 2.37. The van der Waals surface area contributed by atoms with Gasteiger partial charge in [0.1, 0.15) is 5.01 Å². The molecule has 1 aromatic heterocycles. The van der Waals surface area contributed by atoms with Crippen LogP contribution in [-0.4, -0.2) is 30.0 Å². The van der Waals surface area contributed by atoms with Crippen LogP contribution in [0.25, 0.3) is 0 Å². The zero-order valence-electron chi connectivity index (χ0n) is 12.1. The first-order chi connectivity index (χ1) is 10.5. The third-order valence-electron chi connectivity index (χ3n) is 3.79. The Morgan fingerprint density at radius 3 is 2.91 bits per heavy atom. The summed E-state index contributed by atoms with van der Waals surface area (Å²) in [6, 6.07) is 6.03. The topological polar surface area (TPSA) is 67.3 Å². The Hall–Kier alpha value is -1.57. The minimum Gasteiger partial charge on any atom is -0.295 e. The molecule has 0 saturated carbocycles. The number of carbonyl (C=O) groups is 1. The van der Waals surface area contributed by atoms with Gasteiger partial charge in [0, 0.05) is 23.7 Å². The van der Waals surface area contributed by atoms with Crippen LogP contribution in [0.5, 0.6) is 0 Å². The molecular weight excluding hydrogens is 320 g/mol. The van der Waals surface area contributed by atoms with Gasteiger partial charge in [0.15, 0.2) is 5.78 Å². The van der Waals surface area contributed by atoms with Crippen molar-refractivity contribution in [3.8, 4) is 0 Å². The molecule has 2 aromatic rings. The molecule has 0 spiro atoms. The van der Waals surface area contributed by atoms with Crippen LogP contribution >= 0.6 is 11.3 Å². The van der Waals surface area contributed by atoms with Gasteiger partial charge in [0.25, 0.3) is 0 Å². The molecule has 0 N–H and O–H groups in total. The lowest BCUT2D eigenvalue weighted by atomic mass is 10.2. The first-order valence-corrected chi connectivity index (χ1v) is 9.34. The van der Waals surface area contributed by atoms with E-state index in [1.165, 1.54) is 28.6 Å². The second kappa shape index (κ2) is 5.91. The second-order valence-corrected chi connectivity index (χ2v) is 8.04. The molecule has 2 heterocycles. The van der Waals surface area contributed by atoms with E-state index in [-0.39, 0.29) is 16.7 Å². The smallest absolute Gasteiger partial charge is 0.243 e. The minimum absolute atomic E-state index is 0.144. The molecule has 116 valence electrons. The van der Waals surface area contributed by atoms with Crippen LogP contribution in [0, 0.1) is 0 Å². The van der Waals surface area contributed by atoms with Crippen LogP contribution in [-0.2, 0) is 10.0 Å². The average molecular weight is 336 g/mol. The fourth-order valence-corrected chi connectivity index (χ4v) is 5.24. The summed E-state index contributed by atoms with van der Waals surface area (Å²) in [4.78, 5) is 15.9. The first kappa shape index (κ1) is 15.3. The Morgan fingerprint density at radius 2 is 2.23 bits per heavy atom. The Bertz CT molecular complexity index is 785. The number of benzene rings is 1. The van der Waals surface area contributed by atoms with Crippen molar-refractivity contribution in [1.82, 2.24) is 9.29 Å². The van der Waals surface area contributed by atoms with Gasteiger partial charge in [-0.3, -0.25) is 4.79 Å². The van der Waals surface area contributed by atoms with Crippen molar-refractivity contribution in [1.29, 1.82) is 0 Å². The number of nitrogens with zero attached hydrogens (tertiary/aromatic N) is 2. The molecule has 5 nitrogen and oxygen atoms in total. The summed E-state index contributed by atoms with van der Waals surface area (Å²) in [5, 5.41) is 2.68. The predicted octanol–water partition coefficient (Wildman–Crippen LogP) is 2.87. The number of Topliss-reactive ketones (excluding diaryl/α,β-unsaturated/α-hetero) is 1. The van der Waals surface area contributed by atoms with Gasteiger partial charge >= 0.3 is 0 Å². The van der Waals surface area contributed by atoms with Crippen LogP contribution < -0.4 is 0 Å². The molecule has 22 heavy (non-hydrogen) atoms. The van der Waals surface area contributed by atoms with Gasteiger partial charge in [0.05, 0.1) is 10.9 Å². The van der Waals surface area contributed by atoms with Crippen LogP contribution in [0.4, 0.5) is 0 Å². The lowest BCUT2D eigenvalue weighted by molar-refractivity contribution is 0.101. The van der Waals surface area contributed by atoms with E-state index in [1.54, 1.807) is 24.4 Å². The van der Waals surface area contributed by atoms with E-state index in [0.717, 1.165) is 17.8 Å². The number of carbonyl (C=O) groups excluding carboxylic acids is 1. The summed E-state index contributed by atoms with van der Waals surface area (Å²) in [5.74, 6) is -0.144. The summed E-state index contributed by atoms with van der Waals surface area (Å²) in [6.07, 6.45) is 3.29. The summed E-state index contributed by atoms with van der Waals surface area (Å²) < 4.78 is 27.3. The summed E-state index contributed by atoms with van der Waals surface area (Å²) in [6.45, 7) is 1.91. The normalized spacial score (nSPS) is 19.4. The van der Waals surface area contributed by atoms with E-state index >= 15 is 0 Å². The maximum atomic E-state index is 12.9. The molecule has 0 bridgehead atoms. The van der Waals surface area contributed by atoms with Crippen molar-refractivity contribution in [3.63, 3.8) is 0 Å². The highest BCUT2D eigenvalue weighted by atomic mass is 32.2. The Morgan fingerprint density at radius 1 is 1.41 bits per heavy atom. The Kier molecular flexibility index (Phi) is 4.12. The van der Waals surface area contributed by atoms with Crippen molar-refractivity contribution in [2.45, 2.75) is 30.7 Å². The molecular formula is C15H16N2O3S2.